The van der Waals surface area contributed by atoms with Crippen molar-refractivity contribution in [3.05, 3.63) is 78.6 Å². The van der Waals surface area contributed by atoms with E-state index in [9.17, 15) is 0 Å². The Morgan fingerprint density at radius 1 is 1.33 bits per heavy atom. The van der Waals surface area contributed by atoms with E-state index in [1.54, 1.807) is 7.11 Å². The van der Waals surface area contributed by atoms with Gasteiger partial charge >= 0.3 is 0 Å². The van der Waals surface area contributed by atoms with Crippen LogP contribution in [-0.2, 0) is 15.9 Å². The van der Waals surface area contributed by atoms with Gasteiger partial charge in [-0.3, -0.25) is 0 Å². The van der Waals surface area contributed by atoms with Crippen LogP contribution in [0.4, 0.5) is 0 Å². The zero-order valence-corrected chi connectivity index (χ0v) is 19.3. The Kier molecular flexibility index (Phi) is 9.74. The number of halogens is 1. The van der Waals surface area contributed by atoms with Crippen LogP contribution in [0.2, 0.25) is 0 Å². The van der Waals surface area contributed by atoms with Gasteiger partial charge in [-0.1, -0.05) is 43.4 Å². The maximum atomic E-state index is 7.05. The van der Waals surface area contributed by atoms with Crippen molar-refractivity contribution in [2.45, 2.75) is 57.1 Å². The van der Waals surface area contributed by atoms with E-state index in [0.717, 1.165) is 49.2 Å². The first kappa shape index (κ1) is 24.3. The Labute approximate surface area is 187 Å². The van der Waals surface area contributed by atoms with Crippen molar-refractivity contribution in [1.29, 1.82) is 0 Å². The number of methoxy groups -OCH3 is 1. The Hall–Kier alpha value is -1.97. The molecule has 0 amide bonds. The summed E-state index contributed by atoms with van der Waals surface area (Å²) in [5, 5.41) is 0. The topological polar surface area (TPSA) is 27.7 Å². The lowest BCUT2D eigenvalue weighted by Gasteiger charge is -2.36. The Morgan fingerprint density at radius 2 is 2.07 bits per heavy atom. The minimum Gasteiger partial charge on any atom is -0.497 e. The van der Waals surface area contributed by atoms with E-state index in [1.165, 1.54) is 5.56 Å². The summed E-state index contributed by atoms with van der Waals surface area (Å²) in [6.45, 7) is 12.7. The first-order chi connectivity index (χ1) is 14.4. The lowest BCUT2D eigenvalue weighted by molar-refractivity contribution is -0.0995. The fourth-order valence-electron chi connectivity index (χ4n) is 3.62. The molecule has 1 aromatic rings. The molecule has 4 heteroatoms. The maximum absolute atomic E-state index is 7.05. The number of allylic oxidation sites excluding steroid dienone is 5. The summed E-state index contributed by atoms with van der Waals surface area (Å²) in [5.74, 6) is 1.89. The average Bonchev–Trinajstić information content (AvgIpc) is 2.77. The monoisotopic (exact) mass is 430 g/mol. The van der Waals surface area contributed by atoms with Gasteiger partial charge in [0, 0.05) is 5.92 Å². The first-order valence-corrected chi connectivity index (χ1v) is 11.1. The highest BCUT2D eigenvalue weighted by Crippen LogP contribution is 2.43. The van der Waals surface area contributed by atoms with Gasteiger partial charge in [-0.15, -0.1) is 18.2 Å². The van der Waals surface area contributed by atoms with Gasteiger partial charge < -0.3 is 14.2 Å². The highest BCUT2D eigenvalue weighted by molar-refractivity contribution is 6.26. The number of hydrogen-bond acceptors (Lipinski definition) is 3. The van der Waals surface area contributed by atoms with E-state index in [1.807, 2.05) is 31.2 Å². The van der Waals surface area contributed by atoms with E-state index in [4.69, 9.17) is 25.8 Å². The molecule has 3 nitrogen and oxygen atoms in total. The smallest absolute Gasteiger partial charge is 0.196 e. The fraction of sp³-hybridized carbons (Fsp3) is 0.462. The average molecular weight is 431 g/mol. The van der Waals surface area contributed by atoms with Crippen LogP contribution in [0.25, 0.3) is 0 Å². The van der Waals surface area contributed by atoms with Gasteiger partial charge in [-0.05, 0) is 68.9 Å². The molecular weight excluding hydrogens is 396 g/mol. The van der Waals surface area contributed by atoms with Crippen molar-refractivity contribution in [2.75, 3.05) is 13.7 Å². The molecule has 0 bridgehead atoms. The van der Waals surface area contributed by atoms with Crippen LogP contribution in [0.1, 0.15) is 45.1 Å². The second-order valence-corrected chi connectivity index (χ2v) is 8.28. The van der Waals surface area contributed by atoms with Crippen molar-refractivity contribution in [2.24, 2.45) is 5.92 Å². The number of rotatable bonds is 13. The Bertz CT molecular complexity index is 750. The molecule has 0 fully saturated rings. The zero-order chi connectivity index (χ0) is 22.0. The van der Waals surface area contributed by atoms with Gasteiger partial charge in [0.1, 0.15) is 11.5 Å². The molecule has 0 aliphatic heterocycles. The van der Waals surface area contributed by atoms with Crippen molar-refractivity contribution >= 4 is 11.6 Å². The number of benzene rings is 1. The van der Waals surface area contributed by atoms with Crippen LogP contribution in [0.3, 0.4) is 0 Å². The minimum atomic E-state index is -0.443. The normalized spacial score (nSPS) is 18.8. The van der Waals surface area contributed by atoms with E-state index < -0.39 is 4.87 Å². The predicted molar refractivity (Wildman–Crippen MR) is 126 cm³/mol. The van der Waals surface area contributed by atoms with Gasteiger partial charge in [0.25, 0.3) is 0 Å². The predicted octanol–water partition coefficient (Wildman–Crippen LogP) is 6.99. The molecule has 0 heterocycles. The quantitative estimate of drug-likeness (QED) is 0.192. The van der Waals surface area contributed by atoms with Crippen molar-refractivity contribution in [3.8, 4) is 5.75 Å². The third-order valence-corrected chi connectivity index (χ3v) is 6.32. The number of hydrogen-bond donors (Lipinski definition) is 0. The zero-order valence-electron chi connectivity index (χ0n) is 18.5. The third-order valence-electron chi connectivity index (χ3n) is 5.58. The van der Waals surface area contributed by atoms with E-state index in [0.29, 0.717) is 6.61 Å². The molecule has 0 aromatic heterocycles. The molecule has 30 heavy (non-hydrogen) atoms. The molecule has 1 aliphatic rings. The van der Waals surface area contributed by atoms with Crippen molar-refractivity contribution in [1.82, 2.24) is 0 Å². The SMILES string of the molecule is C=CCCC(Cl)(C(=C)CC)C1C=CC(OC(C)OCCc2ccc(OC)cc2)=CC1. The Morgan fingerprint density at radius 3 is 2.63 bits per heavy atom. The van der Waals surface area contributed by atoms with Gasteiger partial charge in [0.15, 0.2) is 6.29 Å². The second-order valence-electron chi connectivity index (χ2n) is 7.61. The molecule has 0 saturated heterocycles. The molecule has 1 aromatic carbocycles. The molecule has 0 N–H and O–H groups in total. The largest absolute Gasteiger partial charge is 0.497 e. The van der Waals surface area contributed by atoms with Gasteiger partial charge in [-0.25, -0.2) is 0 Å². The van der Waals surface area contributed by atoms with Crippen LogP contribution >= 0.6 is 11.6 Å². The maximum Gasteiger partial charge on any atom is 0.196 e. The lowest BCUT2D eigenvalue weighted by Crippen LogP contribution is -2.33. The minimum absolute atomic E-state index is 0.199. The molecule has 3 unspecified atom stereocenters. The molecule has 2 rings (SSSR count). The van der Waals surface area contributed by atoms with E-state index in [-0.39, 0.29) is 12.2 Å². The van der Waals surface area contributed by atoms with Crippen molar-refractivity contribution < 1.29 is 14.2 Å². The summed E-state index contributed by atoms with van der Waals surface area (Å²) < 4.78 is 17.0. The lowest BCUT2D eigenvalue weighted by atomic mass is 9.77. The molecule has 164 valence electrons. The number of alkyl halides is 1. The summed E-state index contributed by atoms with van der Waals surface area (Å²) in [7, 11) is 1.67. The van der Waals surface area contributed by atoms with Gasteiger partial charge in [0.2, 0.25) is 0 Å². The standard InChI is InChI=1S/C26H35ClO3/c1-6-8-18-26(27,20(3)7-2)23-11-15-25(16-12-23)30-21(4)29-19-17-22-9-13-24(28-5)14-10-22/h6,9-11,13-16,21,23H,1,3,7-8,12,17-19H2,2,4-5H3. The van der Waals surface area contributed by atoms with E-state index >= 15 is 0 Å². The first-order valence-electron chi connectivity index (χ1n) is 10.7. The molecule has 0 saturated carbocycles. The fourth-order valence-corrected chi connectivity index (χ4v) is 4.02. The van der Waals surface area contributed by atoms with Crippen LogP contribution in [0, 0.1) is 5.92 Å². The third kappa shape index (κ3) is 6.78. The summed E-state index contributed by atoms with van der Waals surface area (Å²) in [6.07, 6.45) is 12.1. The molecular formula is C26H35ClO3. The van der Waals surface area contributed by atoms with E-state index in [2.05, 4.69) is 44.4 Å². The molecule has 0 radical (unpaired) electrons. The highest BCUT2D eigenvalue weighted by atomic mass is 35.5. The summed E-state index contributed by atoms with van der Waals surface area (Å²) in [5.41, 5.74) is 2.28. The summed E-state index contributed by atoms with van der Waals surface area (Å²) >= 11 is 7.05. The summed E-state index contributed by atoms with van der Waals surface area (Å²) in [4.78, 5) is -0.443. The van der Waals surface area contributed by atoms with Crippen LogP contribution < -0.4 is 4.74 Å². The Balaban J connectivity index is 1.82. The van der Waals surface area contributed by atoms with Gasteiger partial charge in [-0.2, -0.15) is 0 Å². The van der Waals surface area contributed by atoms with Gasteiger partial charge in [0.05, 0.1) is 18.6 Å². The second kappa shape index (κ2) is 12.0. The molecule has 3 atom stereocenters. The van der Waals surface area contributed by atoms with Crippen molar-refractivity contribution in [3.63, 3.8) is 0 Å². The van der Waals surface area contributed by atoms with Crippen LogP contribution in [0.15, 0.2) is 73.1 Å². The number of ether oxygens (including phenoxy) is 3. The van der Waals surface area contributed by atoms with Crippen LogP contribution in [0.5, 0.6) is 5.75 Å². The van der Waals surface area contributed by atoms with Crippen LogP contribution in [-0.4, -0.2) is 24.9 Å². The highest BCUT2D eigenvalue weighted by Gasteiger charge is 2.37. The molecule has 1 aliphatic carbocycles. The molecule has 0 spiro atoms. The summed E-state index contributed by atoms with van der Waals surface area (Å²) in [6, 6.07) is 8.02.